The topological polar surface area (TPSA) is 18.8 Å². The van der Waals surface area contributed by atoms with Crippen LogP contribution in [0, 0.1) is 5.92 Å². The Labute approximate surface area is 270 Å². The van der Waals surface area contributed by atoms with Crippen molar-refractivity contribution in [1.29, 1.82) is 0 Å². The van der Waals surface area contributed by atoms with Crippen molar-refractivity contribution in [3.63, 3.8) is 0 Å². The van der Waals surface area contributed by atoms with Gasteiger partial charge in [0.25, 0.3) is 0 Å². The summed E-state index contributed by atoms with van der Waals surface area (Å²) in [5.74, 6) is 1.49. The molecule has 2 heterocycles. The molecule has 2 aliphatic carbocycles. The molecule has 0 aromatic heterocycles. The van der Waals surface area contributed by atoms with Gasteiger partial charge in [0.1, 0.15) is 11.4 Å². The molecular formula is C43H35N3. The van der Waals surface area contributed by atoms with Crippen molar-refractivity contribution >= 4 is 50.5 Å². The molecule has 9 rings (SSSR count). The summed E-state index contributed by atoms with van der Waals surface area (Å²) in [5.41, 5.74) is 11.1. The largest absolute Gasteiger partial charge is 0.316 e. The average molecular weight is 594 g/mol. The van der Waals surface area contributed by atoms with E-state index in [1.807, 2.05) is 0 Å². The van der Waals surface area contributed by atoms with E-state index in [0.29, 0.717) is 5.92 Å². The van der Waals surface area contributed by atoms with E-state index in [1.54, 1.807) is 0 Å². The normalized spacial score (nSPS) is 22.5. The minimum absolute atomic E-state index is 0.196. The van der Waals surface area contributed by atoms with Gasteiger partial charge in [-0.05, 0) is 77.8 Å². The van der Waals surface area contributed by atoms with Gasteiger partial charge in [0.05, 0.1) is 17.4 Å². The first-order valence-electron chi connectivity index (χ1n) is 16.3. The molecule has 0 spiro atoms. The molecular weight excluding hydrogens is 558 g/mol. The molecule has 0 saturated heterocycles. The lowest BCUT2D eigenvalue weighted by Crippen LogP contribution is -2.46. The maximum atomic E-state index is 5.42. The molecule has 1 unspecified atom stereocenters. The predicted octanol–water partition coefficient (Wildman–Crippen LogP) is 10.7. The van der Waals surface area contributed by atoms with Crippen molar-refractivity contribution in [2.45, 2.75) is 31.8 Å². The molecule has 4 aliphatic rings. The fourth-order valence-electron chi connectivity index (χ4n) is 7.95. The number of anilines is 4. The number of nitrogens with zero attached hydrogens (tertiary/aromatic N) is 3. The summed E-state index contributed by atoms with van der Waals surface area (Å²) >= 11 is 0. The van der Waals surface area contributed by atoms with Crippen molar-refractivity contribution in [3.8, 4) is 0 Å². The van der Waals surface area contributed by atoms with Crippen LogP contribution in [0.2, 0.25) is 0 Å². The number of rotatable bonds is 4. The Balaban J connectivity index is 1.14. The number of hydrogen-bond donors (Lipinski definition) is 0. The summed E-state index contributed by atoms with van der Waals surface area (Å²) in [7, 11) is 0. The van der Waals surface area contributed by atoms with Crippen LogP contribution >= 0.6 is 0 Å². The molecule has 5 aromatic carbocycles. The highest BCUT2D eigenvalue weighted by Crippen LogP contribution is 2.51. The number of para-hydroxylation sites is 2. The summed E-state index contributed by atoms with van der Waals surface area (Å²) in [5, 5.41) is 2.47. The predicted molar refractivity (Wildman–Crippen MR) is 194 cm³/mol. The molecule has 0 saturated carbocycles. The third-order valence-electron chi connectivity index (χ3n) is 10.1. The maximum Gasteiger partial charge on any atom is 0.133 e. The molecule has 46 heavy (non-hydrogen) atoms. The van der Waals surface area contributed by atoms with E-state index in [9.17, 15) is 0 Å². The lowest BCUT2D eigenvalue weighted by atomic mass is 9.76. The fraction of sp³-hybridized carbons (Fsp3) is 0.140. The Morgan fingerprint density at radius 3 is 2.37 bits per heavy atom. The molecule has 2 aliphatic heterocycles. The Hall–Kier alpha value is -5.41. The van der Waals surface area contributed by atoms with Gasteiger partial charge in [0.15, 0.2) is 0 Å². The van der Waals surface area contributed by atoms with Crippen LogP contribution in [-0.2, 0) is 0 Å². The maximum absolute atomic E-state index is 5.42. The van der Waals surface area contributed by atoms with E-state index in [4.69, 9.17) is 4.99 Å². The van der Waals surface area contributed by atoms with E-state index in [-0.39, 0.29) is 11.6 Å². The monoisotopic (exact) mass is 593 g/mol. The molecule has 0 bridgehead atoms. The number of aliphatic imine (C=N–C) groups is 1. The Bertz CT molecular complexity index is 2160. The van der Waals surface area contributed by atoms with Gasteiger partial charge in [-0.25, -0.2) is 0 Å². The second-order valence-corrected chi connectivity index (χ2v) is 13.1. The SMILES string of the molecule is C[C@@H]1CC(c2ccc(N(c3ccccc3)c3cccc4ccccc34)cc2)=CC2=C1C1=N[C@@]3(C)C=CC=CC3N1c1ccccc12. The van der Waals surface area contributed by atoms with Gasteiger partial charge < -0.3 is 9.80 Å². The van der Waals surface area contributed by atoms with Gasteiger partial charge in [0, 0.05) is 27.9 Å². The summed E-state index contributed by atoms with van der Waals surface area (Å²) in [6.07, 6.45) is 12.3. The van der Waals surface area contributed by atoms with Crippen LogP contribution in [0.5, 0.6) is 0 Å². The number of amidine groups is 1. The molecule has 0 amide bonds. The third-order valence-corrected chi connectivity index (χ3v) is 10.1. The van der Waals surface area contributed by atoms with Gasteiger partial charge in [-0.2, -0.15) is 0 Å². The smallest absolute Gasteiger partial charge is 0.133 e. The lowest BCUT2D eigenvalue weighted by molar-refractivity contribution is 0.549. The molecule has 3 atom stereocenters. The van der Waals surface area contributed by atoms with E-state index in [0.717, 1.165) is 23.6 Å². The Morgan fingerprint density at radius 2 is 1.50 bits per heavy atom. The highest BCUT2D eigenvalue weighted by molar-refractivity contribution is 6.23. The first-order chi connectivity index (χ1) is 22.6. The standard InChI is InChI=1S/C43H35N3/c1-29-27-32(28-37-36-18-8-9-19-39(36)46-40-21-10-11-26-43(40,2)44-42(46)41(29)37)30-22-24-34(25-23-30)45(33-15-4-3-5-16-33)38-20-12-14-31-13-6-7-17-35(31)38/h3-26,28-29,40H,27H2,1-2H3/t29-,40?,43+/m1/s1. The minimum atomic E-state index is -0.256. The number of fused-ring (bicyclic) bond motifs is 8. The van der Waals surface area contributed by atoms with Crippen LogP contribution in [0.25, 0.3) is 21.9 Å². The molecule has 3 heteroatoms. The number of hydrogen-bond acceptors (Lipinski definition) is 3. The number of benzene rings is 5. The van der Waals surface area contributed by atoms with Crippen molar-refractivity contribution in [2.24, 2.45) is 10.9 Å². The van der Waals surface area contributed by atoms with Gasteiger partial charge in [-0.1, -0.05) is 122 Å². The highest BCUT2D eigenvalue weighted by Gasteiger charge is 2.48. The second kappa shape index (κ2) is 10.3. The molecule has 222 valence electrons. The van der Waals surface area contributed by atoms with E-state index < -0.39 is 0 Å². The molecule has 0 fully saturated rings. The van der Waals surface area contributed by atoms with Crippen molar-refractivity contribution in [2.75, 3.05) is 9.80 Å². The van der Waals surface area contributed by atoms with Gasteiger partial charge in [-0.15, -0.1) is 0 Å². The molecule has 0 N–H and O–H groups in total. The van der Waals surface area contributed by atoms with Crippen LogP contribution in [0.4, 0.5) is 22.7 Å². The van der Waals surface area contributed by atoms with Crippen molar-refractivity contribution in [3.05, 3.63) is 168 Å². The summed E-state index contributed by atoms with van der Waals surface area (Å²) in [4.78, 5) is 10.3. The van der Waals surface area contributed by atoms with E-state index in [2.05, 4.69) is 175 Å². The van der Waals surface area contributed by atoms with Crippen LogP contribution in [-0.4, -0.2) is 17.4 Å². The highest BCUT2D eigenvalue weighted by atomic mass is 15.3. The lowest BCUT2D eigenvalue weighted by Gasteiger charge is -2.40. The molecule has 5 aromatic rings. The average Bonchev–Trinajstić information content (AvgIpc) is 3.42. The van der Waals surface area contributed by atoms with E-state index in [1.165, 1.54) is 50.0 Å². The first kappa shape index (κ1) is 26.9. The minimum Gasteiger partial charge on any atom is -0.316 e. The quantitative estimate of drug-likeness (QED) is 0.206. The first-order valence-corrected chi connectivity index (χ1v) is 16.3. The van der Waals surface area contributed by atoms with Gasteiger partial charge in [0.2, 0.25) is 0 Å². The Kier molecular flexibility index (Phi) is 6.04. The van der Waals surface area contributed by atoms with Gasteiger partial charge in [-0.3, -0.25) is 4.99 Å². The van der Waals surface area contributed by atoms with Gasteiger partial charge >= 0.3 is 0 Å². The van der Waals surface area contributed by atoms with Crippen molar-refractivity contribution in [1.82, 2.24) is 0 Å². The Morgan fingerprint density at radius 1 is 0.761 bits per heavy atom. The van der Waals surface area contributed by atoms with Crippen LogP contribution in [0.15, 0.2) is 162 Å². The zero-order chi connectivity index (χ0) is 30.8. The summed E-state index contributed by atoms with van der Waals surface area (Å²) in [6.45, 7) is 4.64. The molecule has 0 radical (unpaired) electrons. The number of allylic oxidation sites excluding steroid dienone is 5. The second-order valence-electron chi connectivity index (χ2n) is 13.1. The van der Waals surface area contributed by atoms with Crippen LogP contribution in [0.3, 0.4) is 0 Å². The van der Waals surface area contributed by atoms with Crippen molar-refractivity contribution < 1.29 is 0 Å². The zero-order valence-corrected chi connectivity index (χ0v) is 26.1. The van der Waals surface area contributed by atoms with E-state index >= 15 is 0 Å². The van der Waals surface area contributed by atoms with Crippen LogP contribution < -0.4 is 9.80 Å². The zero-order valence-electron chi connectivity index (χ0n) is 26.1. The van der Waals surface area contributed by atoms with Crippen LogP contribution in [0.1, 0.15) is 31.4 Å². The summed E-state index contributed by atoms with van der Waals surface area (Å²) < 4.78 is 0. The summed E-state index contributed by atoms with van der Waals surface area (Å²) in [6, 6.07) is 44.1. The fourth-order valence-corrected chi connectivity index (χ4v) is 7.95. The third kappa shape index (κ3) is 4.08. The molecule has 3 nitrogen and oxygen atoms in total.